The van der Waals surface area contributed by atoms with Gasteiger partial charge >= 0.3 is 0 Å². The zero-order valence-corrected chi connectivity index (χ0v) is 16.3. The summed E-state index contributed by atoms with van der Waals surface area (Å²) in [5, 5.41) is 13.5. The number of hydrogen-bond acceptors (Lipinski definition) is 6. The highest BCUT2D eigenvalue weighted by molar-refractivity contribution is 7.15. The molecule has 4 rings (SSSR count). The molecule has 1 aliphatic heterocycles. The first-order valence-corrected chi connectivity index (χ1v) is 10.1. The fourth-order valence-electron chi connectivity index (χ4n) is 3.32. The van der Waals surface area contributed by atoms with Crippen LogP contribution in [0.15, 0.2) is 41.0 Å². The van der Waals surface area contributed by atoms with Crippen LogP contribution in [0.5, 0.6) is 0 Å². The van der Waals surface area contributed by atoms with Gasteiger partial charge in [0, 0.05) is 25.6 Å². The number of amides is 1. The summed E-state index contributed by atoms with van der Waals surface area (Å²) in [6.45, 7) is 3.43. The highest BCUT2D eigenvalue weighted by Crippen LogP contribution is 2.25. The quantitative estimate of drug-likeness (QED) is 0.709. The molecule has 3 aromatic rings. The van der Waals surface area contributed by atoms with E-state index < -0.39 is 0 Å². The third kappa shape index (κ3) is 4.22. The van der Waals surface area contributed by atoms with E-state index in [0.29, 0.717) is 17.7 Å². The number of rotatable bonds is 5. The van der Waals surface area contributed by atoms with E-state index in [-0.39, 0.29) is 17.8 Å². The highest BCUT2D eigenvalue weighted by Gasteiger charge is 2.24. The number of aryl methyl sites for hydroxylation is 1. The molecular weight excluding hydrogens is 379 g/mol. The summed E-state index contributed by atoms with van der Waals surface area (Å²) >= 11 is 1.56. The molecular formula is C20H21FN4O2S. The average Bonchev–Trinajstić information content (AvgIpc) is 3.33. The summed E-state index contributed by atoms with van der Waals surface area (Å²) in [5.74, 6) is 0.319. The Kier molecular flexibility index (Phi) is 5.38. The maximum absolute atomic E-state index is 13.0. The van der Waals surface area contributed by atoms with Crippen molar-refractivity contribution in [2.75, 3.05) is 18.0 Å². The van der Waals surface area contributed by atoms with Gasteiger partial charge in [0.25, 0.3) is 5.91 Å². The van der Waals surface area contributed by atoms with Crippen LogP contribution in [-0.4, -0.2) is 35.2 Å². The molecule has 146 valence electrons. The number of halogens is 1. The van der Waals surface area contributed by atoms with E-state index in [4.69, 9.17) is 4.42 Å². The zero-order valence-electron chi connectivity index (χ0n) is 15.5. The van der Waals surface area contributed by atoms with Crippen molar-refractivity contribution in [3.05, 3.63) is 64.3 Å². The van der Waals surface area contributed by atoms with Crippen LogP contribution in [0.3, 0.4) is 0 Å². The number of nitrogens with zero attached hydrogens (tertiary/aromatic N) is 3. The molecule has 0 spiro atoms. The van der Waals surface area contributed by atoms with Crippen molar-refractivity contribution < 1.29 is 13.6 Å². The van der Waals surface area contributed by atoms with Gasteiger partial charge in [0.1, 0.15) is 16.6 Å². The monoisotopic (exact) mass is 400 g/mol. The third-order valence-corrected chi connectivity index (χ3v) is 5.91. The van der Waals surface area contributed by atoms with Gasteiger partial charge in [0.15, 0.2) is 0 Å². The highest BCUT2D eigenvalue weighted by atomic mass is 32.1. The predicted octanol–water partition coefficient (Wildman–Crippen LogP) is 3.57. The van der Waals surface area contributed by atoms with E-state index >= 15 is 0 Å². The van der Waals surface area contributed by atoms with Crippen molar-refractivity contribution in [3.8, 4) is 0 Å². The van der Waals surface area contributed by atoms with Gasteiger partial charge in [-0.05, 0) is 43.5 Å². The van der Waals surface area contributed by atoms with E-state index in [1.54, 1.807) is 36.5 Å². The van der Waals surface area contributed by atoms with Crippen molar-refractivity contribution in [1.29, 1.82) is 0 Å². The molecule has 1 saturated heterocycles. The molecule has 2 aromatic heterocycles. The van der Waals surface area contributed by atoms with Crippen molar-refractivity contribution in [1.82, 2.24) is 15.5 Å². The Morgan fingerprint density at radius 3 is 2.68 bits per heavy atom. The fraction of sp³-hybridized carbons (Fsp3) is 0.350. The fourth-order valence-corrected chi connectivity index (χ4v) is 4.24. The van der Waals surface area contributed by atoms with Gasteiger partial charge < -0.3 is 14.6 Å². The van der Waals surface area contributed by atoms with Gasteiger partial charge in [-0.25, -0.2) is 4.39 Å². The molecule has 0 bridgehead atoms. The number of carbonyl (C=O) groups excluding carboxylic acids is 1. The summed E-state index contributed by atoms with van der Waals surface area (Å²) in [4.78, 5) is 14.5. The molecule has 6 nitrogen and oxygen atoms in total. The third-order valence-electron chi connectivity index (χ3n) is 4.93. The molecule has 1 fully saturated rings. The number of benzene rings is 1. The van der Waals surface area contributed by atoms with Crippen molar-refractivity contribution in [2.45, 2.75) is 32.2 Å². The molecule has 1 N–H and O–H groups in total. The molecule has 0 atom stereocenters. The number of furan rings is 1. The molecule has 0 radical (unpaired) electrons. The van der Waals surface area contributed by atoms with Crippen LogP contribution in [0, 0.1) is 12.7 Å². The zero-order chi connectivity index (χ0) is 19.5. The normalized spacial score (nSPS) is 15.0. The number of nitrogens with one attached hydrogen (secondary N) is 1. The first-order valence-electron chi connectivity index (χ1n) is 9.25. The van der Waals surface area contributed by atoms with Crippen LogP contribution < -0.4 is 10.2 Å². The molecule has 8 heteroatoms. The average molecular weight is 400 g/mol. The van der Waals surface area contributed by atoms with Crippen LogP contribution in [-0.2, 0) is 6.42 Å². The first kappa shape index (κ1) is 18.6. The summed E-state index contributed by atoms with van der Waals surface area (Å²) < 4.78 is 18.2. The number of anilines is 1. The van der Waals surface area contributed by atoms with Crippen LogP contribution in [0.4, 0.5) is 9.52 Å². The first-order chi connectivity index (χ1) is 13.6. The minimum Gasteiger partial charge on any atom is -0.469 e. The lowest BCUT2D eigenvalue weighted by molar-refractivity contribution is 0.0929. The predicted molar refractivity (Wildman–Crippen MR) is 105 cm³/mol. The summed E-state index contributed by atoms with van der Waals surface area (Å²) in [5.41, 5.74) is 1.61. The van der Waals surface area contributed by atoms with Gasteiger partial charge in [0.05, 0.1) is 11.8 Å². The Morgan fingerprint density at radius 2 is 2.00 bits per heavy atom. The van der Waals surface area contributed by atoms with Crippen LogP contribution in [0.25, 0.3) is 0 Å². The molecule has 0 unspecified atom stereocenters. The molecule has 1 aliphatic rings. The molecule has 28 heavy (non-hydrogen) atoms. The lowest BCUT2D eigenvalue weighted by atomic mass is 10.0. The van der Waals surface area contributed by atoms with Gasteiger partial charge in [-0.2, -0.15) is 0 Å². The van der Waals surface area contributed by atoms with E-state index in [0.717, 1.165) is 41.6 Å². The number of aromatic nitrogens is 2. The van der Waals surface area contributed by atoms with E-state index in [1.165, 1.54) is 18.4 Å². The molecule has 1 amide bonds. The second-order valence-electron chi connectivity index (χ2n) is 6.91. The number of carbonyl (C=O) groups is 1. The van der Waals surface area contributed by atoms with Crippen molar-refractivity contribution >= 4 is 22.4 Å². The Bertz CT molecular complexity index is 945. The summed E-state index contributed by atoms with van der Waals surface area (Å²) in [6.07, 6.45) is 3.89. The van der Waals surface area contributed by atoms with Crippen molar-refractivity contribution in [3.63, 3.8) is 0 Å². The van der Waals surface area contributed by atoms with Gasteiger partial charge in [-0.3, -0.25) is 4.79 Å². The Balaban J connectivity index is 1.30. The van der Waals surface area contributed by atoms with Gasteiger partial charge in [-0.15, -0.1) is 10.2 Å². The minimum atomic E-state index is -0.236. The maximum Gasteiger partial charge on any atom is 0.255 e. The van der Waals surface area contributed by atoms with Crippen LogP contribution >= 0.6 is 11.3 Å². The van der Waals surface area contributed by atoms with Crippen LogP contribution in [0.1, 0.15) is 39.5 Å². The van der Waals surface area contributed by atoms with Gasteiger partial charge in [0.2, 0.25) is 5.13 Å². The van der Waals surface area contributed by atoms with Crippen molar-refractivity contribution in [2.24, 2.45) is 0 Å². The molecule has 0 saturated carbocycles. The summed E-state index contributed by atoms with van der Waals surface area (Å²) in [7, 11) is 0. The van der Waals surface area contributed by atoms with Gasteiger partial charge in [-0.1, -0.05) is 23.5 Å². The van der Waals surface area contributed by atoms with E-state index in [1.807, 2.05) is 0 Å². The Morgan fingerprint density at radius 1 is 1.25 bits per heavy atom. The second kappa shape index (κ2) is 8.10. The largest absolute Gasteiger partial charge is 0.469 e. The van der Waals surface area contributed by atoms with E-state index in [9.17, 15) is 9.18 Å². The topological polar surface area (TPSA) is 71.3 Å². The summed E-state index contributed by atoms with van der Waals surface area (Å²) in [6, 6.07) is 8.30. The number of piperidine rings is 1. The van der Waals surface area contributed by atoms with Crippen LogP contribution in [0.2, 0.25) is 0 Å². The Hall–Kier alpha value is -2.74. The lowest BCUT2D eigenvalue weighted by Gasteiger charge is -2.31. The molecule has 0 aliphatic carbocycles. The number of hydrogen-bond donors (Lipinski definition) is 1. The molecule has 1 aromatic carbocycles. The smallest absolute Gasteiger partial charge is 0.255 e. The minimum absolute atomic E-state index is 0.0813. The van der Waals surface area contributed by atoms with E-state index in [2.05, 4.69) is 20.4 Å². The Labute approximate surface area is 166 Å². The maximum atomic E-state index is 13.0. The standard InChI is InChI=1S/C20H21FN4O2S/c1-13-17(8-11-27-13)19(26)22-16-6-9-25(10-7-16)20-24-23-18(28-20)12-14-2-4-15(21)5-3-14/h2-5,8,11,16H,6-7,9-10,12H2,1H3,(H,22,26). The lowest BCUT2D eigenvalue weighted by Crippen LogP contribution is -2.44. The molecule has 3 heterocycles. The SMILES string of the molecule is Cc1occc1C(=O)NC1CCN(c2nnc(Cc3ccc(F)cc3)s2)CC1. The second-order valence-corrected chi connectivity index (χ2v) is 7.95.